The van der Waals surface area contributed by atoms with Gasteiger partial charge in [-0.3, -0.25) is 0 Å². The number of hydrogen-bond acceptors (Lipinski definition) is 4. The molecule has 0 N–H and O–H groups in total. The predicted molar refractivity (Wildman–Crippen MR) is 110 cm³/mol. The van der Waals surface area contributed by atoms with Gasteiger partial charge in [-0.1, -0.05) is 0 Å². The topological polar surface area (TPSA) is 30.9 Å². The van der Waals surface area contributed by atoms with Crippen LogP contribution in [0.15, 0.2) is 12.1 Å². The second-order valence-electron chi connectivity index (χ2n) is 7.34. The van der Waals surface area contributed by atoms with Crippen molar-refractivity contribution in [3.63, 3.8) is 0 Å². The summed E-state index contributed by atoms with van der Waals surface area (Å²) in [5.74, 6) is -32.7. The van der Waals surface area contributed by atoms with E-state index in [1.165, 1.54) is 13.8 Å². The van der Waals surface area contributed by atoms with E-state index in [1.807, 2.05) is 0 Å². The van der Waals surface area contributed by atoms with E-state index in [-0.39, 0.29) is 25.2 Å². The van der Waals surface area contributed by atoms with Crippen LogP contribution in [-0.4, -0.2) is 20.4 Å². The van der Waals surface area contributed by atoms with Crippen molar-refractivity contribution < 1.29 is 66.6 Å². The summed E-state index contributed by atoms with van der Waals surface area (Å²) in [7, 11) is -3.27. The van der Waals surface area contributed by atoms with Crippen LogP contribution in [0.2, 0.25) is 0 Å². The summed E-state index contributed by atoms with van der Waals surface area (Å²) in [5, 5.41) is 0. The van der Waals surface area contributed by atoms with Crippen LogP contribution >= 0.6 is 0 Å². The molecule has 0 bridgehead atoms. The first kappa shape index (κ1) is 29.6. The van der Waals surface area contributed by atoms with Crippen LogP contribution in [0.3, 0.4) is 0 Å². The zero-order valence-electron chi connectivity index (χ0n) is 19.4. The summed E-state index contributed by atoms with van der Waals surface area (Å²) in [6.07, 6.45) is 0. The van der Waals surface area contributed by atoms with E-state index in [0.29, 0.717) is 0 Å². The van der Waals surface area contributed by atoms with Gasteiger partial charge in [0.2, 0.25) is 23.3 Å². The van der Waals surface area contributed by atoms with Gasteiger partial charge in [0.1, 0.15) is 5.69 Å². The number of nitrogens with zero attached hydrogens (tertiary/aromatic N) is 1. The van der Waals surface area contributed by atoms with Gasteiger partial charge < -0.3 is 18.9 Å². The van der Waals surface area contributed by atoms with Gasteiger partial charge in [0.05, 0.1) is 0 Å². The number of rotatable bonds is 9. The fraction of sp³-hybridized carbons (Fsp3) is 0.182. The highest BCUT2D eigenvalue weighted by molar-refractivity contribution is 6.39. The van der Waals surface area contributed by atoms with Crippen molar-refractivity contribution in [1.29, 1.82) is 0 Å². The van der Waals surface area contributed by atoms with Crippen molar-refractivity contribution in [3.8, 4) is 17.2 Å². The SMILES string of the molecule is CCN(CC)c1c(F)c(F)c(F)c(OB(Oc2c(F)cc(F)c(F)c2F)Oc2c(F)cc(F)c(F)c2F)c1F. The number of anilines is 1. The molecule has 0 aliphatic carbocycles. The van der Waals surface area contributed by atoms with Crippen molar-refractivity contribution in [2.75, 3.05) is 18.0 Å². The molecule has 3 aromatic carbocycles. The van der Waals surface area contributed by atoms with Crippen molar-refractivity contribution in [3.05, 3.63) is 81.9 Å². The zero-order chi connectivity index (χ0) is 29.3. The van der Waals surface area contributed by atoms with Crippen LogP contribution in [0.4, 0.5) is 58.4 Å². The molecule has 0 fully saturated rings. The maximum atomic E-state index is 15.1. The van der Waals surface area contributed by atoms with E-state index in [2.05, 4.69) is 14.0 Å². The first-order chi connectivity index (χ1) is 18.2. The molecule has 0 aliphatic rings. The van der Waals surface area contributed by atoms with Gasteiger partial charge in [0, 0.05) is 25.2 Å². The molecule has 3 aromatic rings. The molecule has 4 nitrogen and oxygen atoms in total. The summed E-state index contributed by atoms with van der Waals surface area (Å²) in [6, 6.07) is -0.582. The van der Waals surface area contributed by atoms with Crippen LogP contribution in [0.1, 0.15) is 13.8 Å². The van der Waals surface area contributed by atoms with Crippen molar-refractivity contribution in [1.82, 2.24) is 0 Å². The quantitative estimate of drug-likeness (QED) is 0.122. The Morgan fingerprint density at radius 2 is 0.872 bits per heavy atom. The van der Waals surface area contributed by atoms with E-state index in [1.54, 1.807) is 0 Å². The van der Waals surface area contributed by atoms with Gasteiger partial charge in [0.15, 0.2) is 63.8 Å². The summed E-state index contributed by atoms with van der Waals surface area (Å²) in [4.78, 5) is 0.820. The maximum Gasteiger partial charge on any atom is 0.864 e. The van der Waals surface area contributed by atoms with Gasteiger partial charge in [-0.15, -0.1) is 0 Å². The Morgan fingerprint density at radius 3 is 1.28 bits per heavy atom. The van der Waals surface area contributed by atoms with E-state index >= 15 is 4.39 Å². The zero-order valence-corrected chi connectivity index (χ0v) is 19.4. The highest BCUT2D eigenvalue weighted by atomic mass is 19.2. The molecule has 0 aliphatic heterocycles. The third kappa shape index (κ3) is 5.47. The monoisotopic (exact) mass is 577 g/mol. The minimum atomic E-state index is -3.27. The van der Waals surface area contributed by atoms with E-state index in [0.717, 1.165) is 4.90 Å². The van der Waals surface area contributed by atoms with Gasteiger partial charge in [-0.2, -0.15) is 13.2 Å². The fourth-order valence-electron chi connectivity index (χ4n) is 3.20. The highest BCUT2D eigenvalue weighted by Gasteiger charge is 2.40. The molecule has 0 saturated carbocycles. The standard InChI is InChI=1S/C22H12BF12NO3/c1-3-36(4-2)19-14(31)13(30)17(34)22(18(19)35)39-23(37-20-9(26)5-7(24)11(28)15(20)32)38-21-10(27)6-8(25)12(29)16(21)33/h5-6H,3-4H2,1-2H3. The van der Waals surface area contributed by atoms with Crippen molar-refractivity contribution >= 4 is 13.0 Å². The highest BCUT2D eigenvalue weighted by Crippen LogP contribution is 2.37. The average molecular weight is 577 g/mol. The lowest BCUT2D eigenvalue weighted by atomic mass is 10.1. The van der Waals surface area contributed by atoms with Gasteiger partial charge in [-0.05, 0) is 13.8 Å². The molecule has 0 unspecified atom stereocenters. The molecule has 39 heavy (non-hydrogen) atoms. The van der Waals surface area contributed by atoms with E-state index in [4.69, 9.17) is 0 Å². The first-order valence-corrected chi connectivity index (χ1v) is 10.5. The molecule has 0 radical (unpaired) electrons. The minimum absolute atomic E-state index is 0.193. The summed E-state index contributed by atoms with van der Waals surface area (Å²) < 4.78 is 182. The molecule has 0 saturated heterocycles. The Bertz CT molecular complexity index is 1360. The van der Waals surface area contributed by atoms with Gasteiger partial charge in [-0.25, -0.2) is 39.5 Å². The van der Waals surface area contributed by atoms with Crippen LogP contribution in [0.25, 0.3) is 0 Å². The number of hydrogen-bond donors (Lipinski definition) is 0. The normalized spacial score (nSPS) is 11.0. The lowest BCUT2D eigenvalue weighted by molar-refractivity contribution is 0.258. The predicted octanol–water partition coefficient (Wildman–Crippen LogP) is 6.72. The molecule has 0 heterocycles. The van der Waals surface area contributed by atoms with Crippen LogP contribution in [-0.2, 0) is 0 Å². The van der Waals surface area contributed by atoms with Crippen molar-refractivity contribution in [2.45, 2.75) is 13.8 Å². The summed E-state index contributed by atoms with van der Waals surface area (Å²) in [6.45, 7) is 2.31. The average Bonchev–Trinajstić information content (AvgIpc) is 2.89. The van der Waals surface area contributed by atoms with Crippen molar-refractivity contribution in [2.24, 2.45) is 0 Å². The number of benzene rings is 3. The molecule has 3 rings (SSSR count). The molecule has 0 atom stereocenters. The summed E-state index contributed by atoms with van der Waals surface area (Å²) >= 11 is 0. The maximum absolute atomic E-state index is 15.1. The third-order valence-corrected chi connectivity index (χ3v) is 5.07. The van der Waals surface area contributed by atoms with Crippen LogP contribution in [0, 0.1) is 69.8 Å². The smallest absolute Gasteiger partial charge is 0.484 e. The molecule has 0 aromatic heterocycles. The second-order valence-corrected chi connectivity index (χ2v) is 7.34. The lowest BCUT2D eigenvalue weighted by Gasteiger charge is -2.24. The molecular weight excluding hydrogens is 565 g/mol. The molecule has 0 amide bonds. The Labute approximate surface area is 211 Å². The first-order valence-electron chi connectivity index (χ1n) is 10.5. The Hall–Kier alpha value is -3.92. The third-order valence-electron chi connectivity index (χ3n) is 5.07. The van der Waals surface area contributed by atoms with Gasteiger partial charge in [0.25, 0.3) is 0 Å². The second kappa shape index (κ2) is 11.4. The molecule has 0 spiro atoms. The largest absolute Gasteiger partial charge is 0.864 e. The Morgan fingerprint density at radius 1 is 0.487 bits per heavy atom. The number of halogens is 12. The van der Waals surface area contributed by atoms with Crippen LogP contribution in [0.5, 0.6) is 17.2 Å². The Kier molecular flexibility index (Phi) is 8.70. The van der Waals surface area contributed by atoms with E-state index in [9.17, 15) is 48.3 Å². The molecule has 210 valence electrons. The fourth-order valence-corrected chi connectivity index (χ4v) is 3.20. The molecular formula is C22H12BF12NO3. The molecule has 17 heteroatoms. The van der Waals surface area contributed by atoms with E-state index < -0.39 is 100 Å². The lowest BCUT2D eigenvalue weighted by Crippen LogP contribution is -2.39. The minimum Gasteiger partial charge on any atom is -0.484 e. The van der Waals surface area contributed by atoms with Crippen LogP contribution < -0.4 is 18.9 Å². The van der Waals surface area contributed by atoms with Gasteiger partial charge >= 0.3 is 7.32 Å². The summed E-state index contributed by atoms with van der Waals surface area (Å²) in [5.41, 5.74) is -1.23. The Balaban J connectivity index is 2.21.